The normalized spacial score (nSPS) is 29.3. The Kier molecular flexibility index (Phi) is 6.30. The van der Waals surface area contributed by atoms with Crippen LogP contribution in [0.1, 0.15) is 55.8 Å². The number of nitrogens with one attached hydrogen (secondary N) is 1. The second-order valence-electron chi connectivity index (χ2n) is 11.9. The van der Waals surface area contributed by atoms with E-state index in [2.05, 4.69) is 17.1 Å². The van der Waals surface area contributed by atoms with Gasteiger partial charge in [0.1, 0.15) is 5.69 Å². The fourth-order valence-electron chi connectivity index (χ4n) is 8.06. The van der Waals surface area contributed by atoms with Gasteiger partial charge in [0.05, 0.1) is 4.92 Å². The van der Waals surface area contributed by atoms with Crippen LogP contribution in [0.3, 0.4) is 0 Å². The van der Waals surface area contributed by atoms with Gasteiger partial charge in [0.2, 0.25) is 0 Å². The lowest BCUT2D eigenvalue weighted by molar-refractivity contribution is -0.384. The standard InChI is InChI=1S/C29H35ClN4O3/c1-19(29-16-20-11-21(17-29)13-22(12-20)18-29)31-26-15-25(5-6-27(26)34(36)37)32-7-9-33(10-8-32)28(35)23-3-2-4-24(30)14-23/h2-6,14-15,19-22,31H,7-13,16-18H2,1H3. The maximum atomic E-state index is 12.9. The highest BCUT2D eigenvalue weighted by atomic mass is 35.5. The van der Waals surface area contributed by atoms with Gasteiger partial charge in [0.15, 0.2) is 0 Å². The molecule has 5 aliphatic rings. The third kappa shape index (κ3) is 4.67. The predicted molar refractivity (Wildman–Crippen MR) is 146 cm³/mol. The number of halogens is 1. The van der Waals surface area contributed by atoms with Gasteiger partial charge in [-0.2, -0.15) is 0 Å². The molecule has 1 saturated heterocycles. The molecule has 1 amide bonds. The van der Waals surface area contributed by atoms with Crippen molar-refractivity contribution in [3.05, 3.63) is 63.2 Å². The Morgan fingerprint density at radius 2 is 1.68 bits per heavy atom. The lowest BCUT2D eigenvalue weighted by atomic mass is 9.48. The molecule has 7 rings (SSSR count). The topological polar surface area (TPSA) is 78.7 Å². The number of benzene rings is 2. The minimum absolute atomic E-state index is 0.0161. The van der Waals surface area contributed by atoms with Crippen molar-refractivity contribution in [3.8, 4) is 0 Å². The van der Waals surface area contributed by atoms with Crippen LogP contribution in [0.4, 0.5) is 17.1 Å². The van der Waals surface area contributed by atoms with Crippen LogP contribution < -0.4 is 10.2 Å². The summed E-state index contributed by atoms with van der Waals surface area (Å²) in [6.07, 6.45) is 7.91. The van der Waals surface area contributed by atoms with Gasteiger partial charge in [-0.1, -0.05) is 17.7 Å². The number of amides is 1. The van der Waals surface area contributed by atoms with Crippen molar-refractivity contribution >= 4 is 34.6 Å². The average molecular weight is 523 g/mol. The Morgan fingerprint density at radius 1 is 1.03 bits per heavy atom. The molecule has 2 aromatic carbocycles. The van der Waals surface area contributed by atoms with Crippen LogP contribution in [0.5, 0.6) is 0 Å². The third-order valence-corrected chi connectivity index (χ3v) is 9.79. The molecule has 37 heavy (non-hydrogen) atoms. The molecular weight excluding hydrogens is 488 g/mol. The molecule has 0 spiro atoms. The molecule has 1 unspecified atom stereocenters. The zero-order valence-corrected chi connectivity index (χ0v) is 22.1. The zero-order chi connectivity index (χ0) is 25.7. The minimum Gasteiger partial charge on any atom is -0.376 e. The zero-order valence-electron chi connectivity index (χ0n) is 21.4. The fraction of sp³-hybridized carbons (Fsp3) is 0.552. The fourth-order valence-corrected chi connectivity index (χ4v) is 8.25. The Morgan fingerprint density at radius 3 is 2.27 bits per heavy atom. The number of nitrogens with zero attached hydrogens (tertiary/aromatic N) is 3. The van der Waals surface area contributed by atoms with E-state index in [9.17, 15) is 14.9 Å². The van der Waals surface area contributed by atoms with Crippen molar-refractivity contribution in [2.45, 2.75) is 51.5 Å². The first-order chi connectivity index (χ1) is 17.8. The Bertz CT molecular complexity index is 1170. The summed E-state index contributed by atoms with van der Waals surface area (Å²) in [5, 5.41) is 16.1. The van der Waals surface area contributed by atoms with Crippen LogP contribution in [0.15, 0.2) is 42.5 Å². The molecule has 1 heterocycles. The summed E-state index contributed by atoms with van der Waals surface area (Å²) in [5.74, 6) is 2.49. The molecule has 0 aromatic heterocycles. The van der Waals surface area contributed by atoms with Crippen molar-refractivity contribution < 1.29 is 9.72 Å². The number of hydrogen-bond acceptors (Lipinski definition) is 5. The number of anilines is 2. The SMILES string of the molecule is CC(Nc1cc(N2CCN(C(=O)c3cccc(Cl)c3)CC2)ccc1[N+](=O)[O-])C12CC3CC(CC(C3)C1)C2. The van der Waals surface area contributed by atoms with Gasteiger partial charge in [0, 0.05) is 54.6 Å². The average Bonchev–Trinajstić information content (AvgIpc) is 2.87. The van der Waals surface area contributed by atoms with Gasteiger partial charge in [0.25, 0.3) is 11.6 Å². The van der Waals surface area contributed by atoms with Crippen molar-refractivity contribution in [2.24, 2.45) is 23.2 Å². The minimum atomic E-state index is -0.278. The molecule has 5 fully saturated rings. The quantitative estimate of drug-likeness (QED) is 0.359. The van der Waals surface area contributed by atoms with E-state index in [0.717, 1.165) is 23.4 Å². The van der Waals surface area contributed by atoms with E-state index in [0.29, 0.717) is 42.5 Å². The molecule has 0 radical (unpaired) electrons. The molecule has 1 aliphatic heterocycles. The van der Waals surface area contributed by atoms with Gasteiger partial charge in [-0.3, -0.25) is 14.9 Å². The Balaban J connectivity index is 1.17. The van der Waals surface area contributed by atoms with Crippen molar-refractivity contribution in [1.82, 2.24) is 4.90 Å². The van der Waals surface area contributed by atoms with Crippen molar-refractivity contribution in [2.75, 3.05) is 36.4 Å². The number of piperazine rings is 1. The summed E-state index contributed by atoms with van der Waals surface area (Å²) < 4.78 is 0. The summed E-state index contributed by atoms with van der Waals surface area (Å²) in [6, 6.07) is 12.7. The second-order valence-corrected chi connectivity index (χ2v) is 12.3. The number of rotatable bonds is 6. The molecule has 1 atom stereocenters. The van der Waals surface area contributed by atoms with Crippen LogP contribution in [-0.4, -0.2) is 48.0 Å². The number of carbonyl (C=O) groups is 1. The first kappa shape index (κ1) is 24.5. The molecule has 7 nitrogen and oxygen atoms in total. The first-order valence-electron chi connectivity index (χ1n) is 13.6. The summed E-state index contributed by atoms with van der Waals surface area (Å²) in [6.45, 7) is 4.77. The smallest absolute Gasteiger partial charge is 0.292 e. The van der Waals surface area contributed by atoms with E-state index in [1.807, 2.05) is 17.0 Å². The van der Waals surface area contributed by atoms with Crippen LogP contribution in [-0.2, 0) is 0 Å². The van der Waals surface area contributed by atoms with Gasteiger partial charge in [-0.15, -0.1) is 0 Å². The van der Waals surface area contributed by atoms with Gasteiger partial charge in [-0.25, -0.2) is 0 Å². The number of nitro benzene ring substituents is 1. The lowest BCUT2D eigenvalue weighted by Gasteiger charge is -2.59. The molecule has 196 valence electrons. The van der Waals surface area contributed by atoms with E-state index in [1.54, 1.807) is 30.3 Å². The van der Waals surface area contributed by atoms with Crippen LogP contribution in [0.2, 0.25) is 5.02 Å². The highest BCUT2D eigenvalue weighted by molar-refractivity contribution is 6.30. The first-order valence-corrected chi connectivity index (χ1v) is 14.0. The summed E-state index contributed by atoms with van der Waals surface area (Å²) in [5.41, 5.74) is 2.56. The molecule has 8 heteroatoms. The molecule has 1 N–H and O–H groups in total. The van der Waals surface area contributed by atoms with Crippen molar-refractivity contribution in [1.29, 1.82) is 0 Å². The van der Waals surface area contributed by atoms with E-state index < -0.39 is 0 Å². The molecular formula is C29H35ClN4O3. The summed E-state index contributed by atoms with van der Waals surface area (Å²) >= 11 is 6.07. The monoisotopic (exact) mass is 522 g/mol. The van der Waals surface area contributed by atoms with E-state index in [4.69, 9.17) is 11.6 Å². The summed E-state index contributed by atoms with van der Waals surface area (Å²) in [4.78, 5) is 28.6. The number of nitro groups is 1. The molecule has 4 bridgehead atoms. The van der Waals surface area contributed by atoms with Crippen LogP contribution >= 0.6 is 11.6 Å². The third-order valence-electron chi connectivity index (χ3n) is 9.56. The molecule has 4 aliphatic carbocycles. The van der Waals surface area contributed by atoms with Crippen LogP contribution in [0.25, 0.3) is 0 Å². The molecule has 2 aromatic rings. The van der Waals surface area contributed by atoms with Crippen LogP contribution in [0, 0.1) is 33.3 Å². The largest absolute Gasteiger partial charge is 0.376 e. The highest BCUT2D eigenvalue weighted by Gasteiger charge is 2.53. The number of hydrogen-bond donors (Lipinski definition) is 1. The predicted octanol–water partition coefficient (Wildman–Crippen LogP) is 6.23. The van der Waals surface area contributed by atoms with E-state index in [1.165, 1.54) is 38.5 Å². The molecule has 4 saturated carbocycles. The van der Waals surface area contributed by atoms with Gasteiger partial charge < -0.3 is 15.1 Å². The maximum Gasteiger partial charge on any atom is 0.292 e. The Hall–Kier alpha value is -2.80. The van der Waals surface area contributed by atoms with E-state index in [-0.39, 0.29) is 28.0 Å². The Labute approximate surface area is 223 Å². The number of carbonyl (C=O) groups excluding carboxylic acids is 1. The van der Waals surface area contributed by atoms with Crippen molar-refractivity contribution in [3.63, 3.8) is 0 Å². The summed E-state index contributed by atoms with van der Waals surface area (Å²) in [7, 11) is 0. The van der Waals surface area contributed by atoms with Gasteiger partial charge in [-0.05, 0) is 98.9 Å². The van der Waals surface area contributed by atoms with Gasteiger partial charge >= 0.3 is 0 Å². The highest BCUT2D eigenvalue weighted by Crippen LogP contribution is 2.61. The maximum absolute atomic E-state index is 12.9. The van der Waals surface area contributed by atoms with E-state index >= 15 is 0 Å². The second kappa shape index (κ2) is 9.50. The lowest BCUT2D eigenvalue weighted by Crippen LogP contribution is -2.53.